The number of aromatic nitrogens is 9. The molecule has 78 heavy (non-hydrogen) atoms. The number of carbonyl (C=O) groups excluding carboxylic acids is 3. The largest absolute Gasteiger partial charge is 0.489 e. The Kier molecular flexibility index (Phi) is 16.3. The van der Waals surface area contributed by atoms with E-state index >= 15 is 0 Å². The van der Waals surface area contributed by atoms with Crippen molar-refractivity contribution in [1.82, 2.24) is 59.8 Å². The number of H-pyrrole nitrogens is 1. The molecule has 2 aliphatic heterocycles. The van der Waals surface area contributed by atoms with Gasteiger partial charge in [0.2, 0.25) is 11.7 Å². The molecule has 10 rings (SSSR count). The third-order valence-corrected chi connectivity index (χ3v) is 15.0. The Morgan fingerprint density at radius 1 is 0.846 bits per heavy atom. The number of anilines is 1. The number of rotatable bonds is 21. The van der Waals surface area contributed by atoms with Crippen molar-refractivity contribution in [1.29, 1.82) is 0 Å². The molecule has 8 aromatic rings. The number of amides is 3. The first-order valence-electron chi connectivity index (χ1n) is 26.9. The summed E-state index contributed by atoms with van der Waals surface area (Å²) in [7, 11) is 3.47. The number of para-hydroxylation sites is 2. The van der Waals surface area contributed by atoms with Crippen LogP contribution in [0, 0.1) is 0 Å². The molecule has 0 spiro atoms. The third-order valence-electron chi connectivity index (χ3n) is 15.0. The molecule has 404 valence electrons. The van der Waals surface area contributed by atoms with Crippen molar-refractivity contribution in [3.63, 3.8) is 0 Å². The molecule has 2 atom stereocenters. The molecule has 2 aliphatic rings. The van der Waals surface area contributed by atoms with Gasteiger partial charge < -0.3 is 30.3 Å². The van der Waals surface area contributed by atoms with E-state index in [0.717, 1.165) is 72.2 Å². The maximum Gasteiger partial charge on any atom is 0.291 e. The maximum absolute atomic E-state index is 13.8. The molecule has 1 saturated heterocycles. The summed E-state index contributed by atoms with van der Waals surface area (Å²) >= 11 is 0. The van der Waals surface area contributed by atoms with Crippen LogP contribution in [0.25, 0.3) is 22.3 Å². The summed E-state index contributed by atoms with van der Waals surface area (Å²) in [5, 5.41) is 34.0. The Morgan fingerprint density at radius 2 is 1.56 bits per heavy atom. The second-order valence-electron chi connectivity index (χ2n) is 20.8. The Morgan fingerprint density at radius 3 is 2.36 bits per heavy atom. The summed E-state index contributed by atoms with van der Waals surface area (Å²) in [6.07, 6.45) is 12.5. The van der Waals surface area contributed by atoms with Gasteiger partial charge in [0.1, 0.15) is 29.7 Å². The fourth-order valence-corrected chi connectivity index (χ4v) is 10.4. The number of nitrogens with zero attached hydrogens (tertiary/aromatic N) is 10. The SMILES string of the molecule is C[C@H](CC(=O)N1CCC(O)(Cn2cnc3c(-c4ccc(CNCc5cnn(CCCCCCc6ccc(Cc7nc(C(=O)N[C@H]8COc9ccccc9N(C)C8=O)n[nH]7)cc6)c5)cc4)n(C)nc3c2=O)CC1)c1ccccc1. The minimum absolute atomic E-state index is 0.00448. The van der Waals surface area contributed by atoms with Gasteiger partial charge in [-0.2, -0.15) is 10.2 Å². The molecular formula is C59H67N13O6. The standard InChI is InChI=1S/C59H67N13O6/c1-40(45-14-8-6-9-15-45)31-51(73)70-29-26-59(77,27-30-70)38-71-39-61-52-53(58(71)76)67-69(3)54(52)46-24-22-43(23-25-46)33-60-34-44-35-62-72(36-44)28-12-5-4-7-13-41-18-20-42(21-19-41)32-50-64-55(66-65-50)56(74)63-47-37-78-49-17-11-10-16-48(49)68(2)57(47)75/h6,8-11,14-25,35-36,39-40,47,60,77H,4-5,7,12-13,26-34,37-38H2,1-3H3,(H,63,74)(H,64,65,66)/t40-,47+/m1/s1. The van der Waals surface area contributed by atoms with E-state index in [4.69, 9.17) is 4.74 Å². The Balaban J connectivity index is 0.612. The first-order valence-corrected chi connectivity index (χ1v) is 26.9. The van der Waals surface area contributed by atoms with Gasteiger partial charge >= 0.3 is 0 Å². The van der Waals surface area contributed by atoms with Crippen LogP contribution in [0.1, 0.15) is 102 Å². The lowest BCUT2D eigenvalue weighted by Crippen LogP contribution is -2.49. The van der Waals surface area contributed by atoms with Crippen LogP contribution < -0.4 is 25.8 Å². The molecule has 3 amide bonds. The average Bonchev–Trinajstić information content (AvgIpc) is 4.23. The van der Waals surface area contributed by atoms with Gasteiger partial charge in [0.25, 0.3) is 17.4 Å². The number of unbranched alkanes of at least 4 members (excludes halogenated alkanes) is 3. The molecule has 4 aromatic heterocycles. The van der Waals surface area contributed by atoms with Gasteiger partial charge in [-0.15, -0.1) is 5.10 Å². The van der Waals surface area contributed by atoms with E-state index in [1.54, 1.807) is 23.9 Å². The van der Waals surface area contributed by atoms with Crippen molar-refractivity contribution in [2.45, 2.75) is 108 Å². The minimum atomic E-state index is -1.14. The fraction of sp³-hybridized carbons (Fsp3) is 0.373. The Hall–Kier alpha value is -8.29. The summed E-state index contributed by atoms with van der Waals surface area (Å²) < 4.78 is 11.0. The number of benzene rings is 4. The number of likely N-dealkylation sites (tertiary alicyclic amines) is 1. The van der Waals surface area contributed by atoms with Crippen LogP contribution >= 0.6 is 0 Å². The van der Waals surface area contributed by atoms with Crippen LogP contribution in [0.4, 0.5) is 5.69 Å². The summed E-state index contributed by atoms with van der Waals surface area (Å²) in [5.74, 6) is 0.448. The number of aromatic amines is 1. The van der Waals surface area contributed by atoms with Crippen LogP contribution in [0.2, 0.25) is 0 Å². The summed E-state index contributed by atoms with van der Waals surface area (Å²) in [6, 6.07) is 33.0. The number of carbonyl (C=O) groups is 3. The predicted molar refractivity (Wildman–Crippen MR) is 296 cm³/mol. The summed E-state index contributed by atoms with van der Waals surface area (Å²) in [5.41, 5.74) is 7.27. The number of nitrogens with one attached hydrogen (secondary N) is 3. The highest BCUT2D eigenvalue weighted by atomic mass is 16.5. The van der Waals surface area contributed by atoms with Crippen LogP contribution in [0.5, 0.6) is 5.75 Å². The zero-order valence-corrected chi connectivity index (χ0v) is 44.5. The molecule has 19 nitrogen and oxygen atoms in total. The topological polar surface area (TPSA) is 223 Å². The van der Waals surface area contributed by atoms with Crippen molar-refractivity contribution in [2.75, 3.05) is 31.6 Å². The number of aryl methyl sites for hydroxylation is 3. The zero-order chi connectivity index (χ0) is 54.2. The predicted octanol–water partition coefficient (Wildman–Crippen LogP) is 6.50. The van der Waals surface area contributed by atoms with Crippen molar-refractivity contribution >= 4 is 34.4 Å². The Labute approximate surface area is 452 Å². The molecule has 0 saturated carbocycles. The van der Waals surface area contributed by atoms with Crippen LogP contribution in [-0.2, 0) is 55.7 Å². The van der Waals surface area contributed by atoms with Crippen molar-refractivity contribution < 1.29 is 24.2 Å². The highest BCUT2D eigenvalue weighted by Gasteiger charge is 2.36. The molecule has 0 radical (unpaired) electrons. The fourth-order valence-electron chi connectivity index (χ4n) is 10.4. The molecular weight excluding hydrogens is 987 g/mol. The van der Waals surface area contributed by atoms with Crippen LogP contribution in [0.15, 0.2) is 127 Å². The first-order chi connectivity index (χ1) is 37.9. The van der Waals surface area contributed by atoms with E-state index in [1.807, 2.05) is 77.4 Å². The van der Waals surface area contributed by atoms with Gasteiger partial charge in [-0.1, -0.05) is 111 Å². The highest BCUT2D eigenvalue weighted by Crippen LogP contribution is 2.31. The second kappa shape index (κ2) is 23.9. The van der Waals surface area contributed by atoms with E-state index in [2.05, 4.69) is 90.5 Å². The number of fused-ring (bicyclic) bond motifs is 2. The van der Waals surface area contributed by atoms with Crippen molar-refractivity contribution in [3.05, 3.63) is 172 Å². The normalized spacial score (nSPS) is 15.7. The summed E-state index contributed by atoms with van der Waals surface area (Å²) in [6.45, 7) is 5.23. The van der Waals surface area contributed by atoms with E-state index in [1.165, 1.54) is 21.4 Å². The molecule has 0 aliphatic carbocycles. The van der Waals surface area contributed by atoms with Gasteiger partial charge in [-0.3, -0.25) is 38.2 Å². The molecule has 19 heteroatoms. The third kappa shape index (κ3) is 12.6. The lowest BCUT2D eigenvalue weighted by molar-refractivity contribution is -0.136. The number of likely N-dealkylation sites (N-methyl/N-ethyl adjacent to an activating group) is 1. The van der Waals surface area contributed by atoms with E-state index in [-0.39, 0.29) is 47.8 Å². The molecule has 0 unspecified atom stereocenters. The lowest BCUT2D eigenvalue weighted by atomic mass is 9.90. The van der Waals surface area contributed by atoms with Gasteiger partial charge in [-0.25, -0.2) is 9.97 Å². The number of hydrogen-bond acceptors (Lipinski definition) is 12. The van der Waals surface area contributed by atoms with Gasteiger partial charge in [0.15, 0.2) is 5.52 Å². The zero-order valence-electron chi connectivity index (χ0n) is 44.5. The van der Waals surface area contributed by atoms with Crippen molar-refractivity contribution in [3.8, 4) is 17.0 Å². The van der Waals surface area contributed by atoms with Gasteiger partial charge in [0.05, 0.1) is 36.1 Å². The number of hydrogen-bond donors (Lipinski definition) is 4. The van der Waals surface area contributed by atoms with Gasteiger partial charge in [-0.05, 0) is 72.4 Å². The lowest BCUT2D eigenvalue weighted by Gasteiger charge is -2.38. The quantitative estimate of drug-likeness (QED) is 0.0567. The minimum Gasteiger partial charge on any atom is -0.489 e. The molecule has 4 N–H and O–H groups in total. The highest BCUT2D eigenvalue weighted by molar-refractivity contribution is 6.02. The molecule has 0 bridgehead atoms. The molecule has 4 aromatic carbocycles. The van der Waals surface area contributed by atoms with Crippen LogP contribution in [-0.4, -0.2) is 110 Å². The molecule has 1 fully saturated rings. The average molecular weight is 1050 g/mol. The number of ether oxygens (including phenoxy) is 1. The monoisotopic (exact) mass is 1050 g/mol. The Bertz CT molecular complexity index is 3410. The number of piperidine rings is 1. The van der Waals surface area contributed by atoms with E-state index < -0.39 is 17.6 Å². The smallest absolute Gasteiger partial charge is 0.291 e. The van der Waals surface area contributed by atoms with Crippen LogP contribution in [0.3, 0.4) is 0 Å². The molecule has 6 heterocycles. The van der Waals surface area contributed by atoms with E-state index in [9.17, 15) is 24.3 Å². The van der Waals surface area contributed by atoms with E-state index in [0.29, 0.717) is 74.6 Å². The second-order valence-corrected chi connectivity index (χ2v) is 20.8. The summed E-state index contributed by atoms with van der Waals surface area (Å²) in [4.78, 5) is 65.3. The maximum atomic E-state index is 13.8. The van der Waals surface area contributed by atoms with Gasteiger partial charge in [0, 0.05) is 77.0 Å². The van der Waals surface area contributed by atoms with Crippen molar-refractivity contribution in [2.24, 2.45) is 7.05 Å². The number of aliphatic hydroxyl groups is 1. The first kappa shape index (κ1) is 53.1.